The first-order chi connectivity index (χ1) is 15.5. The molecule has 2 aromatic heterocycles. The van der Waals surface area contributed by atoms with Crippen LogP contribution >= 0.6 is 0 Å². The van der Waals surface area contributed by atoms with E-state index < -0.39 is 0 Å². The molecule has 162 valence electrons. The predicted molar refractivity (Wildman–Crippen MR) is 126 cm³/mol. The molecule has 0 atom stereocenters. The normalized spacial score (nSPS) is 11.8. The highest BCUT2D eigenvalue weighted by Crippen LogP contribution is 2.35. The van der Waals surface area contributed by atoms with Gasteiger partial charge in [0.2, 0.25) is 0 Å². The number of hydrogen-bond donors (Lipinski definition) is 0. The number of nitrogens with zero attached hydrogens (tertiary/aromatic N) is 3. The first-order valence-corrected chi connectivity index (χ1v) is 10.7. The maximum absolute atomic E-state index is 14.9. The topological polar surface area (TPSA) is 49.0 Å². The van der Waals surface area contributed by atoms with Crippen LogP contribution in [0.3, 0.4) is 0 Å². The highest BCUT2D eigenvalue weighted by molar-refractivity contribution is 6.09. The number of ether oxygens (including phenoxy) is 1. The Bertz CT molecular complexity index is 1500. The zero-order valence-corrected chi connectivity index (χ0v) is 18.4. The average molecular weight is 429 g/mol. The third-order valence-corrected chi connectivity index (χ3v) is 6.06. The minimum atomic E-state index is -0.201. The molecule has 0 fully saturated rings. The van der Waals surface area contributed by atoms with Gasteiger partial charge in [-0.25, -0.2) is 9.37 Å². The van der Waals surface area contributed by atoms with Gasteiger partial charge in [-0.2, -0.15) is 0 Å². The van der Waals surface area contributed by atoms with Crippen LogP contribution in [0.5, 0.6) is 0 Å². The van der Waals surface area contributed by atoms with Gasteiger partial charge in [0.15, 0.2) is 0 Å². The number of fused-ring (bicyclic) bond motifs is 4. The summed E-state index contributed by atoms with van der Waals surface area (Å²) in [5.41, 5.74) is 5.76. The zero-order valence-electron chi connectivity index (χ0n) is 18.4. The van der Waals surface area contributed by atoms with Crippen molar-refractivity contribution in [1.29, 1.82) is 0 Å². The van der Waals surface area contributed by atoms with Crippen LogP contribution in [0.15, 0.2) is 48.5 Å². The van der Waals surface area contributed by atoms with Crippen molar-refractivity contribution in [2.45, 2.75) is 26.9 Å². The Morgan fingerprint density at radius 3 is 2.59 bits per heavy atom. The van der Waals surface area contributed by atoms with Gasteiger partial charge in [0.05, 0.1) is 23.2 Å². The summed E-state index contributed by atoms with van der Waals surface area (Å²) in [7, 11) is 1.67. The Hall–Kier alpha value is -3.51. The van der Waals surface area contributed by atoms with Crippen LogP contribution in [0.4, 0.5) is 4.39 Å². The number of aryl methyl sites for hydroxylation is 2. The van der Waals surface area contributed by atoms with E-state index in [1.54, 1.807) is 25.3 Å². The second-order valence-corrected chi connectivity index (χ2v) is 8.06. The number of rotatable bonds is 6. The van der Waals surface area contributed by atoms with Gasteiger partial charge in [-0.1, -0.05) is 0 Å². The van der Waals surface area contributed by atoms with Gasteiger partial charge in [-0.15, -0.1) is 0 Å². The van der Waals surface area contributed by atoms with Gasteiger partial charge in [-0.05, 0) is 67.9 Å². The number of benzene rings is 3. The quantitative estimate of drug-likeness (QED) is 0.324. The molecule has 3 aromatic carbocycles. The lowest BCUT2D eigenvalue weighted by Crippen LogP contribution is -2.06. The SMILES string of the molecule is CCn1c2ccc(-c3nc4cc(C=O)ccc4n3CCOC)cc2c2cc(C)cc(F)c21. The van der Waals surface area contributed by atoms with Crippen molar-refractivity contribution in [3.63, 3.8) is 0 Å². The summed E-state index contributed by atoms with van der Waals surface area (Å²) in [6, 6.07) is 15.3. The predicted octanol–water partition coefficient (Wildman–Crippen LogP) is 5.74. The summed E-state index contributed by atoms with van der Waals surface area (Å²) in [5.74, 6) is 0.598. The number of carbonyl (C=O) groups excluding carboxylic acids is 1. The van der Waals surface area contributed by atoms with E-state index in [-0.39, 0.29) is 5.82 Å². The largest absolute Gasteiger partial charge is 0.383 e. The molecule has 0 saturated carbocycles. The van der Waals surface area contributed by atoms with Crippen molar-refractivity contribution >= 4 is 39.1 Å². The van der Waals surface area contributed by atoms with Gasteiger partial charge in [0.1, 0.15) is 17.9 Å². The molecule has 0 aliphatic rings. The third-order valence-electron chi connectivity index (χ3n) is 6.06. The number of hydrogen-bond acceptors (Lipinski definition) is 3. The van der Waals surface area contributed by atoms with Crippen LogP contribution in [0.25, 0.3) is 44.2 Å². The fraction of sp³-hybridized carbons (Fsp3) is 0.231. The van der Waals surface area contributed by atoms with Gasteiger partial charge in [0.25, 0.3) is 0 Å². The van der Waals surface area contributed by atoms with Gasteiger partial charge in [-0.3, -0.25) is 4.79 Å². The molecule has 0 amide bonds. The molecule has 32 heavy (non-hydrogen) atoms. The van der Waals surface area contributed by atoms with E-state index in [4.69, 9.17) is 9.72 Å². The fourth-order valence-corrected chi connectivity index (χ4v) is 4.64. The number of imidazole rings is 1. The van der Waals surface area contributed by atoms with Gasteiger partial charge in [0, 0.05) is 47.6 Å². The molecular weight excluding hydrogens is 405 g/mol. The summed E-state index contributed by atoms with van der Waals surface area (Å²) >= 11 is 0. The van der Waals surface area contributed by atoms with Crippen molar-refractivity contribution in [3.05, 3.63) is 65.5 Å². The maximum atomic E-state index is 14.9. The summed E-state index contributed by atoms with van der Waals surface area (Å²) in [6.07, 6.45) is 0.829. The van der Waals surface area contributed by atoms with Crippen LogP contribution in [-0.4, -0.2) is 34.1 Å². The van der Waals surface area contributed by atoms with Crippen LogP contribution in [-0.2, 0) is 17.8 Å². The molecule has 0 spiro atoms. The lowest BCUT2D eigenvalue weighted by Gasteiger charge is -2.09. The second-order valence-electron chi connectivity index (χ2n) is 8.06. The van der Waals surface area contributed by atoms with E-state index in [2.05, 4.69) is 10.6 Å². The first kappa shape index (κ1) is 20.4. The summed E-state index contributed by atoms with van der Waals surface area (Å²) in [5, 5.41) is 1.91. The van der Waals surface area contributed by atoms with Crippen LogP contribution < -0.4 is 0 Å². The third kappa shape index (κ3) is 3.10. The molecular formula is C26H24FN3O2. The number of methoxy groups -OCH3 is 1. The van der Waals surface area contributed by atoms with E-state index >= 15 is 0 Å². The smallest absolute Gasteiger partial charge is 0.150 e. The Labute approximate surface area is 185 Å². The second kappa shape index (κ2) is 7.88. The molecule has 0 aliphatic heterocycles. The lowest BCUT2D eigenvalue weighted by molar-refractivity contribution is 0.112. The minimum Gasteiger partial charge on any atom is -0.383 e. The summed E-state index contributed by atoms with van der Waals surface area (Å²) < 4.78 is 24.3. The van der Waals surface area contributed by atoms with Crippen LogP contribution in [0.1, 0.15) is 22.8 Å². The Kier molecular flexibility index (Phi) is 5.02. The first-order valence-electron chi connectivity index (χ1n) is 10.7. The van der Waals surface area contributed by atoms with Crippen LogP contribution in [0.2, 0.25) is 0 Å². The van der Waals surface area contributed by atoms with Crippen molar-refractivity contribution in [2.75, 3.05) is 13.7 Å². The average Bonchev–Trinajstić information content (AvgIpc) is 3.32. The van der Waals surface area contributed by atoms with E-state index in [0.29, 0.717) is 30.8 Å². The summed E-state index contributed by atoms with van der Waals surface area (Å²) in [4.78, 5) is 16.1. The summed E-state index contributed by atoms with van der Waals surface area (Å²) in [6.45, 7) is 5.79. The zero-order chi connectivity index (χ0) is 22.4. The number of aldehydes is 1. The number of halogens is 1. The van der Waals surface area contributed by atoms with Crippen molar-refractivity contribution in [2.24, 2.45) is 0 Å². The lowest BCUT2D eigenvalue weighted by atomic mass is 10.1. The highest BCUT2D eigenvalue weighted by atomic mass is 19.1. The minimum absolute atomic E-state index is 0.201. The standard InChI is InChI=1S/C26H24FN3O2/c1-4-29-23-8-6-18(14-19(23)20-11-16(2)12-21(27)25(20)29)26-28-22-13-17(15-31)5-7-24(22)30(26)9-10-32-3/h5-8,11-15H,4,9-10H2,1-3H3. The Morgan fingerprint density at radius 2 is 1.84 bits per heavy atom. The fourth-order valence-electron chi connectivity index (χ4n) is 4.64. The number of carbonyl (C=O) groups is 1. The molecule has 0 aliphatic carbocycles. The van der Waals surface area contributed by atoms with Crippen molar-refractivity contribution in [3.8, 4) is 11.4 Å². The van der Waals surface area contributed by atoms with Gasteiger partial charge >= 0.3 is 0 Å². The molecule has 2 heterocycles. The molecule has 0 unspecified atom stereocenters. The molecule has 6 heteroatoms. The molecule has 0 radical (unpaired) electrons. The monoisotopic (exact) mass is 429 g/mol. The van der Waals surface area contributed by atoms with E-state index in [0.717, 1.165) is 50.6 Å². The van der Waals surface area contributed by atoms with Gasteiger partial charge < -0.3 is 13.9 Å². The Morgan fingerprint density at radius 1 is 1.03 bits per heavy atom. The molecule has 5 rings (SSSR count). The maximum Gasteiger partial charge on any atom is 0.150 e. The van der Waals surface area contributed by atoms with E-state index in [9.17, 15) is 9.18 Å². The van der Waals surface area contributed by atoms with Crippen molar-refractivity contribution < 1.29 is 13.9 Å². The number of aromatic nitrogens is 3. The molecule has 5 nitrogen and oxygen atoms in total. The van der Waals surface area contributed by atoms with E-state index in [1.807, 2.05) is 42.7 Å². The molecule has 0 saturated heterocycles. The molecule has 5 aromatic rings. The molecule has 0 N–H and O–H groups in total. The van der Waals surface area contributed by atoms with Crippen LogP contribution in [0, 0.1) is 12.7 Å². The highest BCUT2D eigenvalue weighted by Gasteiger charge is 2.18. The Balaban J connectivity index is 1.79. The van der Waals surface area contributed by atoms with E-state index in [1.165, 1.54) is 0 Å². The molecule has 0 bridgehead atoms. The van der Waals surface area contributed by atoms with Crippen molar-refractivity contribution in [1.82, 2.24) is 14.1 Å².